The lowest BCUT2D eigenvalue weighted by molar-refractivity contribution is -0.136. The molecule has 1 saturated heterocycles. The van der Waals surface area contributed by atoms with Crippen LogP contribution < -0.4 is 5.56 Å². The summed E-state index contributed by atoms with van der Waals surface area (Å²) in [6.45, 7) is 3.19. The van der Waals surface area contributed by atoms with Crippen LogP contribution in [0.2, 0.25) is 0 Å². The van der Waals surface area contributed by atoms with Crippen molar-refractivity contribution < 1.29 is 9.90 Å². The molecule has 2 aromatic carbocycles. The van der Waals surface area contributed by atoms with E-state index in [2.05, 4.69) is 12.0 Å². The van der Waals surface area contributed by atoms with Crippen LogP contribution >= 0.6 is 0 Å². The summed E-state index contributed by atoms with van der Waals surface area (Å²) in [5, 5.41) is 15.8. The summed E-state index contributed by atoms with van der Waals surface area (Å²) in [6.07, 6.45) is 4.85. The Bertz CT molecular complexity index is 1450. The maximum Gasteiger partial charge on any atom is 0.251 e. The molecule has 1 N–H and O–H groups in total. The predicted molar refractivity (Wildman–Crippen MR) is 149 cm³/mol. The van der Waals surface area contributed by atoms with E-state index < -0.39 is 5.60 Å². The molecular formula is C31H34N4O3. The second-order valence-corrected chi connectivity index (χ2v) is 10.4. The Morgan fingerprint density at radius 3 is 2.29 bits per heavy atom. The molecule has 7 heteroatoms. The van der Waals surface area contributed by atoms with Crippen molar-refractivity contribution in [1.82, 2.24) is 19.2 Å². The molecule has 1 fully saturated rings. The lowest BCUT2D eigenvalue weighted by atomic mass is 9.90. The van der Waals surface area contributed by atoms with E-state index in [0.717, 1.165) is 27.9 Å². The molecule has 5 rings (SSSR count). The zero-order valence-corrected chi connectivity index (χ0v) is 22.0. The monoisotopic (exact) mass is 510 g/mol. The number of carbonyl (C=O) groups is 1. The van der Waals surface area contributed by atoms with E-state index in [4.69, 9.17) is 0 Å². The number of aromatic nitrogens is 3. The highest BCUT2D eigenvalue weighted by atomic mass is 16.3. The predicted octanol–water partition coefficient (Wildman–Crippen LogP) is 4.46. The molecule has 0 unspecified atom stereocenters. The molecule has 7 nitrogen and oxygen atoms in total. The fraction of sp³-hybridized carbons (Fsp3) is 0.323. The molecule has 2 aromatic heterocycles. The van der Waals surface area contributed by atoms with Crippen LogP contribution in [0.3, 0.4) is 0 Å². The topological polar surface area (TPSA) is 80.4 Å². The average Bonchev–Trinajstić information content (AvgIpc) is 3.36. The number of aryl methyl sites for hydroxylation is 1. The van der Waals surface area contributed by atoms with Gasteiger partial charge in [0.2, 0.25) is 5.91 Å². The van der Waals surface area contributed by atoms with Crippen LogP contribution in [0, 0.1) is 0 Å². The fourth-order valence-electron chi connectivity index (χ4n) is 5.33. The minimum Gasteiger partial charge on any atom is -0.388 e. The maximum absolute atomic E-state index is 13.2. The van der Waals surface area contributed by atoms with Gasteiger partial charge in [0.25, 0.3) is 5.56 Å². The first-order valence-electron chi connectivity index (χ1n) is 13.2. The Morgan fingerprint density at radius 2 is 1.66 bits per heavy atom. The Morgan fingerprint density at radius 1 is 1.00 bits per heavy atom. The van der Waals surface area contributed by atoms with Gasteiger partial charge in [-0.05, 0) is 41.5 Å². The van der Waals surface area contributed by atoms with E-state index in [0.29, 0.717) is 32.4 Å². The molecular weight excluding hydrogens is 476 g/mol. The number of nitrogens with zero attached hydrogens (tertiary/aromatic N) is 4. The highest BCUT2D eigenvalue weighted by Gasteiger charge is 2.35. The van der Waals surface area contributed by atoms with Gasteiger partial charge in [0.1, 0.15) is 0 Å². The number of piperidine rings is 1. The molecule has 38 heavy (non-hydrogen) atoms. The first-order chi connectivity index (χ1) is 18.3. The number of amides is 1. The normalized spacial score (nSPS) is 15.8. The molecule has 4 aromatic rings. The van der Waals surface area contributed by atoms with Crippen LogP contribution in [0.1, 0.15) is 37.7 Å². The van der Waals surface area contributed by atoms with Crippen molar-refractivity contribution in [2.45, 2.75) is 44.2 Å². The first kappa shape index (κ1) is 25.7. The second kappa shape index (κ2) is 10.8. The van der Waals surface area contributed by atoms with E-state index in [1.165, 1.54) is 0 Å². The minimum atomic E-state index is -1.07. The number of aliphatic hydroxyl groups is 1. The van der Waals surface area contributed by atoms with Crippen LogP contribution in [0.4, 0.5) is 0 Å². The number of rotatable bonds is 7. The molecule has 0 bridgehead atoms. The van der Waals surface area contributed by atoms with Gasteiger partial charge in [0.15, 0.2) is 0 Å². The highest BCUT2D eigenvalue weighted by Crippen LogP contribution is 2.32. The highest BCUT2D eigenvalue weighted by molar-refractivity contribution is 5.81. The molecule has 1 aliphatic rings. The van der Waals surface area contributed by atoms with Crippen molar-refractivity contribution in [2.24, 2.45) is 7.05 Å². The van der Waals surface area contributed by atoms with Crippen molar-refractivity contribution in [1.29, 1.82) is 0 Å². The Hall–Kier alpha value is -3.97. The molecule has 0 spiro atoms. The zero-order valence-electron chi connectivity index (χ0n) is 22.0. The van der Waals surface area contributed by atoms with Gasteiger partial charge >= 0.3 is 0 Å². The number of hydrogen-bond acceptors (Lipinski definition) is 4. The lowest BCUT2D eigenvalue weighted by Gasteiger charge is -2.39. The number of carbonyl (C=O) groups excluding carboxylic acids is 1. The third kappa shape index (κ3) is 5.48. The molecule has 1 amide bonds. The quantitative estimate of drug-likeness (QED) is 0.398. The summed E-state index contributed by atoms with van der Waals surface area (Å²) in [5.74, 6) is 0.239. The first-order valence-corrected chi connectivity index (χ1v) is 13.2. The van der Waals surface area contributed by atoms with Gasteiger partial charge in [-0.15, -0.1) is 0 Å². The van der Waals surface area contributed by atoms with E-state index in [-0.39, 0.29) is 23.9 Å². The summed E-state index contributed by atoms with van der Waals surface area (Å²) in [5.41, 5.74) is 3.46. The fourth-order valence-corrected chi connectivity index (χ4v) is 5.33. The van der Waals surface area contributed by atoms with Gasteiger partial charge < -0.3 is 14.6 Å². The van der Waals surface area contributed by atoms with Gasteiger partial charge in [-0.1, -0.05) is 67.6 Å². The van der Waals surface area contributed by atoms with E-state index in [9.17, 15) is 14.7 Å². The third-order valence-corrected chi connectivity index (χ3v) is 7.67. The van der Waals surface area contributed by atoms with Gasteiger partial charge in [-0.3, -0.25) is 14.3 Å². The van der Waals surface area contributed by atoms with Crippen molar-refractivity contribution >= 4 is 5.91 Å². The summed E-state index contributed by atoms with van der Waals surface area (Å²) in [4.78, 5) is 28.0. The lowest BCUT2D eigenvalue weighted by Crippen LogP contribution is -2.49. The van der Waals surface area contributed by atoms with Gasteiger partial charge in [0, 0.05) is 50.6 Å². The van der Waals surface area contributed by atoms with Crippen LogP contribution in [0.5, 0.6) is 0 Å². The van der Waals surface area contributed by atoms with Gasteiger partial charge in [0.05, 0.1) is 17.8 Å². The molecule has 0 radical (unpaired) electrons. The minimum absolute atomic E-state index is 0.103. The van der Waals surface area contributed by atoms with Gasteiger partial charge in [-0.2, -0.15) is 5.10 Å². The van der Waals surface area contributed by atoms with Crippen LogP contribution in [-0.4, -0.2) is 49.0 Å². The van der Waals surface area contributed by atoms with E-state index in [1.54, 1.807) is 21.5 Å². The SMILES string of the molecule is C[C@H](CC(=O)N1CCC(O)(Cn2cc(-c3ccnn3C)c(-c3ccccc3)cc2=O)CC1)c1ccccc1. The molecule has 196 valence electrons. The Labute approximate surface area is 223 Å². The molecule has 1 atom stereocenters. The smallest absolute Gasteiger partial charge is 0.251 e. The van der Waals surface area contributed by atoms with Crippen LogP contribution in [0.15, 0.2) is 90.0 Å². The summed E-state index contributed by atoms with van der Waals surface area (Å²) in [7, 11) is 1.87. The number of likely N-dealkylation sites (tertiary alicyclic amines) is 1. The van der Waals surface area contributed by atoms with E-state index >= 15 is 0 Å². The van der Waals surface area contributed by atoms with E-state index in [1.807, 2.05) is 84.9 Å². The third-order valence-electron chi connectivity index (χ3n) is 7.67. The number of hydrogen-bond donors (Lipinski definition) is 1. The van der Waals surface area contributed by atoms with Crippen LogP contribution in [-0.2, 0) is 18.4 Å². The summed E-state index contributed by atoms with van der Waals surface area (Å²) < 4.78 is 3.38. The van der Waals surface area contributed by atoms with Crippen molar-refractivity contribution in [3.05, 3.63) is 101 Å². The molecule has 0 aliphatic carbocycles. The largest absolute Gasteiger partial charge is 0.388 e. The van der Waals surface area contributed by atoms with Crippen molar-refractivity contribution in [3.63, 3.8) is 0 Å². The van der Waals surface area contributed by atoms with Gasteiger partial charge in [-0.25, -0.2) is 0 Å². The summed E-state index contributed by atoms with van der Waals surface area (Å²) in [6, 6.07) is 23.4. The van der Waals surface area contributed by atoms with Crippen molar-refractivity contribution in [2.75, 3.05) is 13.1 Å². The Kier molecular flexibility index (Phi) is 7.29. The second-order valence-electron chi connectivity index (χ2n) is 10.4. The van der Waals surface area contributed by atoms with Crippen LogP contribution in [0.25, 0.3) is 22.4 Å². The van der Waals surface area contributed by atoms with Crippen molar-refractivity contribution in [3.8, 4) is 22.4 Å². The molecule has 3 heterocycles. The average molecular weight is 511 g/mol. The number of pyridine rings is 1. The standard InChI is InChI=1S/C31H34N4O3/c1-23(24-9-5-3-6-10-24)19-29(36)34-17-14-31(38,15-18-34)22-35-21-27(28-13-16-32-33(28)2)26(20-30(35)37)25-11-7-4-8-12-25/h3-13,16,20-21,23,38H,14-15,17-19,22H2,1-2H3/t23-/m1/s1. The molecule has 1 aliphatic heterocycles. The maximum atomic E-state index is 13.2. The summed E-state index contributed by atoms with van der Waals surface area (Å²) >= 11 is 0. The molecule has 0 saturated carbocycles. The zero-order chi connectivity index (χ0) is 26.7. The Balaban J connectivity index is 1.32. The number of benzene rings is 2.